The Kier molecular flexibility index (Phi) is 4.53. The minimum absolute atomic E-state index is 0.0518. The zero-order valence-corrected chi connectivity index (χ0v) is 11.2. The highest BCUT2D eigenvalue weighted by Crippen LogP contribution is 2.35. The van der Waals surface area contributed by atoms with Gasteiger partial charge in [0.05, 0.1) is 10.0 Å². The van der Waals surface area contributed by atoms with Crippen molar-refractivity contribution in [2.24, 2.45) is 0 Å². The molecule has 0 amide bonds. The number of hydrogen-bond acceptors (Lipinski definition) is 3. The predicted molar refractivity (Wildman–Crippen MR) is 60.9 cm³/mol. The molecule has 0 aliphatic carbocycles. The van der Waals surface area contributed by atoms with Crippen molar-refractivity contribution >= 4 is 33.3 Å². The Morgan fingerprint density at radius 2 is 1.83 bits per heavy atom. The predicted octanol–water partition coefficient (Wildman–Crippen LogP) is 3.92. The van der Waals surface area contributed by atoms with Crippen LogP contribution in [0.1, 0.15) is 18.6 Å². The van der Waals surface area contributed by atoms with Crippen molar-refractivity contribution in [1.82, 2.24) is 0 Å². The van der Waals surface area contributed by atoms with Crippen molar-refractivity contribution in [3.8, 4) is 0 Å². The topological polar surface area (TPSA) is 43.4 Å². The van der Waals surface area contributed by atoms with Crippen molar-refractivity contribution in [3.05, 3.63) is 33.8 Å². The molecule has 1 rings (SSSR count). The van der Waals surface area contributed by atoms with Crippen molar-refractivity contribution in [3.63, 3.8) is 0 Å². The van der Waals surface area contributed by atoms with E-state index in [-0.39, 0.29) is 15.6 Å². The van der Waals surface area contributed by atoms with Gasteiger partial charge in [0, 0.05) is 5.56 Å². The lowest BCUT2D eigenvalue weighted by atomic mass is 10.1. The van der Waals surface area contributed by atoms with Gasteiger partial charge >= 0.3 is 15.6 Å². The minimum Gasteiger partial charge on any atom is -0.255 e. The standard InChI is InChI=1S/C9H7Cl2F3O3S/c1-5(17-18(15,16)9(12,13)14)6-3-2-4-7(10)8(6)11/h2-5H,1H3. The highest BCUT2D eigenvalue weighted by molar-refractivity contribution is 7.87. The second-order valence-corrected chi connectivity index (χ2v) is 5.63. The maximum Gasteiger partial charge on any atom is 0.523 e. The molecule has 0 bridgehead atoms. The van der Waals surface area contributed by atoms with Gasteiger partial charge in [-0.15, -0.1) is 0 Å². The number of halogens is 5. The van der Waals surface area contributed by atoms with Gasteiger partial charge in [0.1, 0.15) is 6.10 Å². The van der Waals surface area contributed by atoms with E-state index in [0.29, 0.717) is 0 Å². The Morgan fingerprint density at radius 3 is 2.33 bits per heavy atom. The third-order valence-corrected chi connectivity index (χ3v) is 3.92. The fourth-order valence-electron chi connectivity index (χ4n) is 1.13. The molecule has 0 N–H and O–H groups in total. The molecule has 0 radical (unpaired) electrons. The molecule has 0 aliphatic heterocycles. The maximum atomic E-state index is 12.1. The molecule has 3 nitrogen and oxygen atoms in total. The third kappa shape index (κ3) is 3.28. The first-order valence-corrected chi connectivity index (χ1v) is 6.66. The summed E-state index contributed by atoms with van der Waals surface area (Å²) in [5.74, 6) is 0. The molecule has 1 atom stereocenters. The summed E-state index contributed by atoms with van der Waals surface area (Å²) >= 11 is 11.4. The Morgan fingerprint density at radius 1 is 1.28 bits per heavy atom. The van der Waals surface area contributed by atoms with Crippen LogP contribution < -0.4 is 0 Å². The van der Waals surface area contributed by atoms with Crippen LogP contribution in [0.3, 0.4) is 0 Å². The van der Waals surface area contributed by atoms with Crippen LogP contribution in [0.5, 0.6) is 0 Å². The fourth-order valence-corrected chi connectivity index (χ4v) is 2.19. The van der Waals surface area contributed by atoms with Gasteiger partial charge in [-0.2, -0.15) is 21.6 Å². The number of benzene rings is 1. The Labute approximate surface area is 112 Å². The Bertz CT molecular complexity index is 542. The molecule has 9 heteroatoms. The molecular formula is C9H7Cl2F3O3S. The lowest BCUT2D eigenvalue weighted by Gasteiger charge is -2.16. The Balaban J connectivity index is 3.04. The van der Waals surface area contributed by atoms with Crippen LogP contribution >= 0.6 is 23.2 Å². The van der Waals surface area contributed by atoms with Gasteiger partial charge in [0.2, 0.25) is 0 Å². The van der Waals surface area contributed by atoms with E-state index in [0.717, 1.165) is 6.92 Å². The van der Waals surface area contributed by atoms with Gasteiger partial charge in [0.15, 0.2) is 0 Å². The molecule has 0 aliphatic rings. The smallest absolute Gasteiger partial charge is 0.255 e. The van der Waals surface area contributed by atoms with E-state index in [9.17, 15) is 21.6 Å². The molecule has 18 heavy (non-hydrogen) atoms. The first kappa shape index (κ1) is 15.6. The summed E-state index contributed by atoms with van der Waals surface area (Å²) in [4.78, 5) is 0. The molecule has 1 aromatic rings. The third-order valence-electron chi connectivity index (χ3n) is 1.97. The Hall–Kier alpha value is -0.500. The molecular weight excluding hydrogens is 316 g/mol. The molecule has 1 aromatic carbocycles. The zero-order valence-electron chi connectivity index (χ0n) is 8.83. The second kappa shape index (κ2) is 5.24. The first-order valence-electron chi connectivity index (χ1n) is 4.49. The van der Waals surface area contributed by atoms with E-state index in [4.69, 9.17) is 23.2 Å². The van der Waals surface area contributed by atoms with Crippen LogP contribution in [0.4, 0.5) is 13.2 Å². The summed E-state index contributed by atoms with van der Waals surface area (Å²) in [6, 6.07) is 4.16. The van der Waals surface area contributed by atoms with Gasteiger partial charge in [-0.3, -0.25) is 4.18 Å². The minimum atomic E-state index is -5.68. The molecule has 0 aromatic heterocycles. The molecule has 0 spiro atoms. The van der Waals surface area contributed by atoms with Crippen LogP contribution in [-0.4, -0.2) is 13.9 Å². The van der Waals surface area contributed by atoms with Gasteiger partial charge in [-0.1, -0.05) is 35.3 Å². The first-order chi connectivity index (χ1) is 8.06. The van der Waals surface area contributed by atoms with Gasteiger partial charge in [-0.25, -0.2) is 0 Å². The van der Waals surface area contributed by atoms with E-state index in [1.54, 1.807) is 0 Å². The van der Waals surface area contributed by atoms with Crippen molar-refractivity contribution in [2.75, 3.05) is 0 Å². The summed E-state index contributed by atoms with van der Waals surface area (Å²) in [5.41, 5.74) is -5.43. The quantitative estimate of drug-likeness (QED) is 0.625. The van der Waals surface area contributed by atoms with E-state index in [1.807, 2.05) is 0 Å². The average Bonchev–Trinajstić information content (AvgIpc) is 2.19. The number of rotatable bonds is 3. The van der Waals surface area contributed by atoms with Crippen LogP contribution in [0, 0.1) is 0 Å². The fraction of sp³-hybridized carbons (Fsp3) is 0.333. The molecule has 0 fully saturated rings. The highest BCUT2D eigenvalue weighted by Gasteiger charge is 2.48. The summed E-state index contributed by atoms with van der Waals surface area (Å²) in [5, 5.41) is 0.0399. The maximum absolute atomic E-state index is 12.1. The van der Waals surface area contributed by atoms with Crippen molar-refractivity contribution in [2.45, 2.75) is 18.5 Å². The zero-order chi connectivity index (χ0) is 14.1. The van der Waals surface area contributed by atoms with Crippen molar-refractivity contribution < 1.29 is 25.8 Å². The van der Waals surface area contributed by atoms with E-state index >= 15 is 0 Å². The molecule has 0 saturated carbocycles. The SMILES string of the molecule is CC(OS(=O)(=O)C(F)(F)F)c1cccc(Cl)c1Cl. The van der Waals surface area contributed by atoms with Gasteiger partial charge in [0.25, 0.3) is 0 Å². The molecule has 0 heterocycles. The average molecular weight is 323 g/mol. The second-order valence-electron chi connectivity index (χ2n) is 3.28. The lowest BCUT2D eigenvalue weighted by molar-refractivity contribution is -0.0569. The molecule has 1 unspecified atom stereocenters. The van der Waals surface area contributed by atoms with Crippen LogP contribution in [0.15, 0.2) is 18.2 Å². The van der Waals surface area contributed by atoms with E-state index < -0.39 is 21.7 Å². The highest BCUT2D eigenvalue weighted by atomic mass is 35.5. The monoisotopic (exact) mass is 322 g/mol. The van der Waals surface area contributed by atoms with Crippen LogP contribution in [0.25, 0.3) is 0 Å². The number of alkyl halides is 3. The summed E-state index contributed by atoms with van der Waals surface area (Å²) in [6.07, 6.45) is -1.40. The summed E-state index contributed by atoms with van der Waals surface area (Å²) in [7, 11) is -5.68. The van der Waals surface area contributed by atoms with E-state index in [2.05, 4.69) is 4.18 Å². The lowest BCUT2D eigenvalue weighted by Crippen LogP contribution is -2.26. The molecule has 0 saturated heterocycles. The van der Waals surface area contributed by atoms with E-state index in [1.165, 1.54) is 18.2 Å². The largest absolute Gasteiger partial charge is 0.523 e. The normalized spacial score (nSPS) is 14.6. The van der Waals surface area contributed by atoms with Gasteiger partial charge < -0.3 is 0 Å². The number of hydrogen-bond donors (Lipinski definition) is 0. The van der Waals surface area contributed by atoms with Crippen LogP contribution in [-0.2, 0) is 14.3 Å². The molecule has 102 valence electrons. The summed E-state index contributed by atoms with van der Waals surface area (Å²) in [6.45, 7) is 1.13. The van der Waals surface area contributed by atoms with Crippen LogP contribution in [0.2, 0.25) is 10.0 Å². The summed E-state index contributed by atoms with van der Waals surface area (Å²) < 4.78 is 62.0. The van der Waals surface area contributed by atoms with Gasteiger partial charge in [-0.05, 0) is 13.0 Å². The van der Waals surface area contributed by atoms with Crippen molar-refractivity contribution in [1.29, 1.82) is 0 Å².